The summed E-state index contributed by atoms with van der Waals surface area (Å²) in [5, 5.41) is 14.0. The van der Waals surface area contributed by atoms with E-state index in [2.05, 4.69) is 57.5 Å². The van der Waals surface area contributed by atoms with E-state index in [0.29, 0.717) is 12.1 Å². The molecule has 142 valence electrons. The summed E-state index contributed by atoms with van der Waals surface area (Å²) in [5.41, 5.74) is 10.3. The molecule has 0 amide bonds. The molecule has 0 atom stereocenters. The van der Waals surface area contributed by atoms with Crippen LogP contribution in [0.15, 0.2) is 48.5 Å². The van der Waals surface area contributed by atoms with Crippen LogP contribution in [0.25, 0.3) is 10.9 Å². The Kier molecular flexibility index (Phi) is 5.00. The summed E-state index contributed by atoms with van der Waals surface area (Å²) in [4.78, 5) is 9.16. The van der Waals surface area contributed by atoms with E-state index in [1.807, 2.05) is 24.3 Å². The zero-order chi connectivity index (χ0) is 19.5. The minimum Gasteiger partial charge on any atom is -0.383 e. The van der Waals surface area contributed by atoms with Gasteiger partial charge in [0.05, 0.1) is 11.2 Å². The second kappa shape index (κ2) is 7.75. The highest BCUT2D eigenvalue weighted by molar-refractivity contribution is 5.98. The predicted octanol–water partition coefficient (Wildman–Crippen LogP) is 3.05. The van der Waals surface area contributed by atoms with Crippen molar-refractivity contribution < 1.29 is 0 Å². The van der Waals surface area contributed by atoms with E-state index in [9.17, 15) is 5.26 Å². The first-order valence-corrected chi connectivity index (χ1v) is 9.50. The van der Waals surface area contributed by atoms with Gasteiger partial charge in [-0.15, -0.1) is 0 Å². The maximum atomic E-state index is 9.68. The standard InChI is InChI=1S/C22H24N6/c1-27-9-11-28(12-10-27)17-7-8-20-18(13-17)21(19(14-23)22(24)26-20)25-15-16-5-3-2-4-6-16/h2-8,13H,9-12,15H2,1H3,(H3,24,25,26). The molecule has 1 aromatic heterocycles. The van der Waals surface area contributed by atoms with Gasteiger partial charge in [0.2, 0.25) is 0 Å². The number of rotatable bonds is 4. The fraction of sp³-hybridized carbons (Fsp3) is 0.273. The second-order valence-corrected chi connectivity index (χ2v) is 7.19. The molecule has 6 nitrogen and oxygen atoms in total. The normalized spacial score (nSPS) is 14.8. The monoisotopic (exact) mass is 372 g/mol. The van der Waals surface area contributed by atoms with Gasteiger partial charge in [0.1, 0.15) is 17.5 Å². The first-order chi connectivity index (χ1) is 13.7. The molecule has 6 heteroatoms. The Bertz CT molecular complexity index is 1020. The lowest BCUT2D eigenvalue weighted by atomic mass is 10.1. The van der Waals surface area contributed by atoms with Gasteiger partial charge in [-0.25, -0.2) is 4.98 Å². The van der Waals surface area contributed by atoms with E-state index >= 15 is 0 Å². The van der Waals surface area contributed by atoms with Crippen molar-refractivity contribution >= 4 is 28.1 Å². The molecule has 28 heavy (non-hydrogen) atoms. The third-order valence-corrected chi connectivity index (χ3v) is 5.29. The molecular formula is C22H24N6. The van der Waals surface area contributed by atoms with Gasteiger partial charge < -0.3 is 20.9 Å². The summed E-state index contributed by atoms with van der Waals surface area (Å²) in [6.45, 7) is 4.68. The van der Waals surface area contributed by atoms with Crippen molar-refractivity contribution in [3.8, 4) is 6.07 Å². The summed E-state index contributed by atoms with van der Waals surface area (Å²) in [5.74, 6) is 0.262. The molecule has 0 aliphatic carbocycles. The molecule has 1 aliphatic heterocycles. The molecule has 0 radical (unpaired) electrons. The van der Waals surface area contributed by atoms with Gasteiger partial charge in [-0.05, 0) is 30.8 Å². The quantitative estimate of drug-likeness (QED) is 0.733. The molecule has 1 fully saturated rings. The first kappa shape index (κ1) is 18.1. The fourth-order valence-corrected chi connectivity index (χ4v) is 3.61. The number of nitrogens with zero attached hydrogens (tertiary/aromatic N) is 4. The molecule has 1 saturated heterocycles. The fourth-order valence-electron chi connectivity index (χ4n) is 3.61. The number of anilines is 3. The third kappa shape index (κ3) is 3.57. The van der Waals surface area contributed by atoms with Gasteiger partial charge in [0.15, 0.2) is 0 Å². The zero-order valence-corrected chi connectivity index (χ0v) is 16.0. The number of likely N-dealkylation sites (N-methyl/N-ethyl adjacent to an activating group) is 1. The Morgan fingerprint density at radius 3 is 2.57 bits per heavy atom. The molecule has 3 aromatic rings. The van der Waals surface area contributed by atoms with Gasteiger partial charge in [0, 0.05) is 43.8 Å². The smallest absolute Gasteiger partial charge is 0.144 e. The molecule has 2 heterocycles. The number of nitrogen functional groups attached to an aromatic ring is 1. The Hall–Kier alpha value is -3.30. The average Bonchev–Trinajstić information content (AvgIpc) is 2.73. The largest absolute Gasteiger partial charge is 0.383 e. The summed E-state index contributed by atoms with van der Waals surface area (Å²) < 4.78 is 0. The summed E-state index contributed by atoms with van der Waals surface area (Å²) >= 11 is 0. The van der Waals surface area contributed by atoms with Crippen LogP contribution >= 0.6 is 0 Å². The number of nitriles is 1. The van der Waals surface area contributed by atoms with Crippen molar-refractivity contribution in [2.45, 2.75) is 6.54 Å². The van der Waals surface area contributed by atoms with E-state index in [1.54, 1.807) is 0 Å². The number of fused-ring (bicyclic) bond motifs is 1. The van der Waals surface area contributed by atoms with Crippen molar-refractivity contribution in [2.75, 3.05) is 49.2 Å². The van der Waals surface area contributed by atoms with Crippen molar-refractivity contribution in [2.24, 2.45) is 0 Å². The van der Waals surface area contributed by atoms with Gasteiger partial charge >= 0.3 is 0 Å². The van der Waals surface area contributed by atoms with Crippen LogP contribution in [0.1, 0.15) is 11.1 Å². The van der Waals surface area contributed by atoms with E-state index in [4.69, 9.17) is 5.73 Å². The topological polar surface area (TPSA) is 81.2 Å². The van der Waals surface area contributed by atoms with E-state index in [-0.39, 0.29) is 5.82 Å². The number of pyridine rings is 1. The van der Waals surface area contributed by atoms with Gasteiger partial charge in [-0.3, -0.25) is 0 Å². The minimum atomic E-state index is 0.262. The van der Waals surface area contributed by atoms with Gasteiger partial charge in [0.25, 0.3) is 0 Å². The highest BCUT2D eigenvalue weighted by atomic mass is 15.2. The van der Waals surface area contributed by atoms with Gasteiger partial charge in [-0.2, -0.15) is 5.26 Å². The van der Waals surface area contributed by atoms with Crippen LogP contribution in [0, 0.1) is 11.3 Å². The van der Waals surface area contributed by atoms with E-state index in [0.717, 1.165) is 54.0 Å². The number of benzene rings is 2. The Labute approximate surface area is 165 Å². The average molecular weight is 372 g/mol. The van der Waals surface area contributed by atoms with Crippen LogP contribution in [0.2, 0.25) is 0 Å². The highest BCUT2D eigenvalue weighted by Gasteiger charge is 2.18. The van der Waals surface area contributed by atoms with Crippen LogP contribution < -0.4 is 16.0 Å². The molecule has 2 aromatic carbocycles. The molecule has 4 rings (SSSR count). The number of piperazine rings is 1. The molecule has 1 aliphatic rings. The number of aromatic nitrogens is 1. The number of hydrogen-bond acceptors (Lipinski definition) is 6. The maximum absolute atomic E-state index is 9.68. The summed E-state index contributed by atoms with van der Waals surface area (Å²) in [6.07, 6.45) is 0. The number of nitrogens with two attached hydrogens (primary N) is 1. The molecule has 0 saturated carbocycles. The first-order valence-electron chi connectivity index (χ1n) is 9.50. The summed E-state index contributed by atoms with van der Waals surface area (Å²) in [6, 6.07) is 18.6. The zero-order valence-electron chi connectivity index (χ0n) is 16.0. The van der Waals surface area contributed by atoms with Crippen molar-refractivity contribution in [1.82, 2.24) is 9.88 Å². The summed E-state index contributed by atoms with van der Waals surface area (Å²) in [7, 11) is 2.15. The van der Waals surface area contributed by atoms with Crippen LogP contribution in [0.5, 0.6) is 0 Å². The predicted molar refractivity (Wildman–Crippen MR) is 114 cm³/mol. The molecule has 0 bridgehead atoms. The van der Waals surface area contributed by atoms with Crippen LogP contribution in [0.4, 0.5) is 17.2 Å². The van der Waals surface area contributed by atoms with Crippen molar-refractivity contribution in [3.05, 3.63) is 59.7 Å². The third-order valence-electron chi connectivity index (χ3n) is 5.29. The lowest BCUT2D eigenvalue weighted by Gasteiger charge is -2.34. The van der Waals surface area contributed by atoms with Crippen LogP contribution in [-0.2, 0) is 6.54 Å². The Balaban J connectivity index is 1.73. The lowest BCUT2D eigenvalue weighted by Crippen LogP contribution is -2.44. The maximum Gasteiger partial charge on any atom is 0.144 e. The van der Waals surface area contributed by atoms with Crippen molar-refractivity contribution in [3.63, 3.8) is 0 Å². The Morgan fingerprint density at radius 1 is 1.11 bits per heavy atom. The minimum absolute atomic E-state index is 0.262. The highest BCUT2D eigenvalue weighted by Crippen LogP contribution is 2.33. The van der Waals surface area contributed by atoms with Crippen molar-refractivity contribution in [1.29, 1.82) is 5.26 Å². The van der Waals surface area contributed by atoms with E-state index in [1.165, 1.54) is 0 Å². The Morgan fingerprint density at radius 2 is 1.86 bits per heavy atom. The lowest BCUT2D eigenvalue weighted by molar-refractivity contribution is 0.313. The SMILES string of the molecule is CN1CCN(c2ccc3nc(N)c(C#N)c(NCc4ccccc4)c3c2)CC1. The number of hydrogen-bond donors (Lipinski definition) is 2. The molecular weight excluding hydrogens is 348 g/mol. The molecule has 0 unspecified atom stereocenters. The van der Waals surface area contributed by atoms with Crippen LogP contribution in [-0.4, -0.2) is 43.1 Å². The molecule has 0 spiro atoms. The van der Waals surface area contributed by atoms with E-state index < -0.39 is 0 Å². The van der Waals surface area contributed by atoms with Gasteiger partial charge in [-0.1, -0.05) is 30.3 Å². The molecule has 3 N–H and O–H groups in total. The number of nitrogens with one attached hydrogen (secondary N) is 1. The van der Waals surface area contributed by atoms with Crippen LogP contribution in [0.3, 0.4) is 0 Å². The second-order valence-electron chi connectivity index (χ2n) is 7.19.